The van der Waals surface area contributed by atoms with E-state index in [1.165, 1.54) is 24.1 Å². The van der Waals surface area contributed by atoms with Gasteiger partial charge in [0, 0.05) is 17.0 Å². The van der Waals surface area contributed by atoms with Gasteiger partial charge in [0.25, 0.3) is 0 Å². The average molecular weight is 273 g/mol. The molecule has 1 aliphatic carbocycles. The summed E-state index contributed by atoms with van der Waals surface area (Å²) in [5, 5.41) is 0. The second-order valence-corrected chi connectivity index (χ2v) is 6.66. The number of hydrogen-bond donors (Lipinski definition) is 1. The minimum atomic E-state index is 0.190. The molecular formula is C13H21ClN2S. The Balaban J connectivity index is 2.17. The minimum Gasteiger partial charge on any atom is -0.326 e. The van der Waals surface area contributed by atoms with Gasteiger partial charge in [-0.25, -0.2) is 0 Å². The van der Waals surface area contributed by atoms with E-state index in [9.17, 15) is 0 Å². The van der Waals surface area contributed by atoms with Crippen LogP contribution in [0.1, 0.15) is 43.5 Å². The van der Waals surface area contributed by atoms with Crippen molar-refractivity contribution in [3.05, 3.63) is 21.3 Å². The van der Waals surface area contributed by atoms with Crippen LogP contribution in [0.3, 0.4) is 0 Å². The molecule has 1 fully saturated rings. The van der Waals surface area contributed by atoms with E-state index in [0.29, 0.717) is 12.1 Å². The molecule has 4 heteroatoms. The summed E-state index contributed by atoms with van der Waals surface area (Å²) in [5.74, 6) is 0. The molecule has 17 heavy (non-hydrogen) atoms. The highest BCUT2D eigenvalue weighted by Crippen LogP contribution is 2.37. The second-order valence-electron chi connectivity index (χ2n) is 4.91. The third kappa shape index (κ3) is 2.84. The van der Waals surface area contributed by atoms with Gasteiger partial charge in [0.1, 0.15) is 0 Å². The van der Waals surface area contributed by atoms with E-state index in [1.54, 1.807) is 11.3 Å². The zero-order valence-corrected chi connectivity index (χ0v) is 12.1. The fourth-order valence-corrected chi connectivity index (χ4v) is 3.73. The zero-order chi connectivity index (χ0) is 12.4. The van der Waals surface area contributed by atoms with Crippen LogP contribution in [0.15, 0.2) is 12.1 Å². The summed E-state index contributed by atoms with van der Waals surface area (Å²) in [6, 6.07) is 5.32. The molecule has 1 aromatic heterocycles. The lowest BCUT2D eigenvalue weighted by atomic mass is 9.89. The Morgan fingerprint density at radius 1 is 1.53 bits per heavy atom. The van der Waals surface area contributed by atoms with Crippen LogP contribution in [0.2, 0.25) is 4.34 Å². The summed E-state index contributed by atoms with van der Waals surface area (Å²) < 4.78 is 0.857. The average Bonchev–Trinajstić information content (AvgIpc) is 2.62. The van der Waals surface area contributed by atoms with Crippen molar-refractivity contribution >= 4 is 22.9 Å². The van der Waals surface area contributed by atoms with E-state index in [2.05, 4.69) is 24.9 Å². The fourth-order valence-electron chi connectivity index (χ4n) is 2.45. The normalized spacial score (nSPS) is 20.3. The molecule has 0 radical (unpaired) electrons. The van der Waals surface area contributed by atoms with E-state index in [1.807, 2.05) is 6.07 Å². The Kier molecular flexibility index (Phi) is 4.47. The molecule has 0 saturated heterocycles. The molecule has 0 amide bonds. The van der Waals surface area contributed by atoms with Crippen molar-refractivity contribution in [3.63, 3.8) is 0 Å². The van der Waals surface area contributed by atoms with Crippen molar-refractivity contribution in [1.29, 1.82) is 0 Å². The highest BCUT2D eigenvalue weighted by Gasteiger charge is 2.32. The van der Waals surface area contributed by atoms with E-state index >= 15 is 0 Å². The van der Waals surface area contributed by atoms with Gasteiger partial charge in [0.2, 0.25) is 0 Å². The lowest BCUT2D eigenvalue weighted by Gasteiger charge is -2.41. The number of hydrogen-bond acceptors (Lipinski definition) is 3. The largest absolute Gasteiger partial charge is 0.326 e. The number of likely N-dealkylation sites (N-methyl/N-ethyl adjacent to an activating group) is 1. The second kappa shape index (κ2) is 5.70. The standard InChI is InChI=1S/C13H21ClN2S/c1-3-10(15)13(11-7-8-12(14)17-11)16(2)9-5-4-6-9/h7-10,13H,3-6,15H2,1-2H3. The third-order valence-corrected chi connectivity index (χ3v) is 5.15. The maximum Gasteiger partial charge on any atom is 0.0931 e. The Morgan fingerprint density at radius 3 is 2.65 bits per heavy atom. The molecule has 0 aliphatic heterocycles. The van der Waals surface area contributed by atoms with Crippen LogP contribution < -0.4 is 5.73 Å². The maximum atomic E-state index is 6.30. The molecule has 0 spiro atoms. The molecule has 0 bridgehead atoms. The van der Waals surface area contributed by atoms with E-state index in [4.69, 9.17) is 17.3 Å². The van der Waals surface area contributed by atoms with Crippen LogP contribution in [-0.2, 0) is 0 Å². The number of rotatable bonds is 5. The quantitative estimate of drug-likeness (QED) is 0.886. The molecule has 1 saturated carbocycles. The minimum absolute atomic E-state index is 0.190. The predicted molar refractivity (Wildman–Crippen MR) is 75.7 cm³/mol. The Bertz CT molecular complexity index is 362. The lowest BCUT2D eigenvalue weighted by molar-refractivity contribution is 0.0957. The summed E-state index contributed by atoms with van der Waals surface area (Å²) in [4.78, 5) is 3.76. The molecule has 2 nitrogen and oxygen atoms in total. The van der Waals surface area contributed by atoms with Crippen LogP contribution in [0.5, 0.6) is 0 Å². The van der Waals surface area contributed by atoms with Crippen molar-refractivity contribution < 1.29 is 0 Å². The van der Waals surface area contributed by atoms with Gasteiger partial charge in [0.05, 0.1) is 10.4 Å². The number of nitrogens with zero attached hydrogens (tertiary/aromatic N) is 1. The van der Waals surface area contributed by atoms with Crippen molar-refractivity contribution in [1.82, 2.24) is 4.90 Å². The maximum absolute atomic E-state index is 6.30. The van der Waals surface area contributed by atoms with Crippen molar-refractivity contribution in [2.75, 3.05) is 7.05 Å². The van der Waals surface area contributed by atoms with E-state index in [0.717, 1.165) is 10.8 Å². The third-order valence-electron chi connectivity index (χ3n) is 3.85. The highest BCUT2D eigenvalue weighted by molar-refractivity contribution is 7.16. The SMILES string of the molecule is CCC(N)C(c1ccc(Cl)s1)N(C)C1CCC1. The molecule has 1 aromatic rings. The molecule has 2 unspecified atom stereocenters. The Morgan fingerprint density at radius 2 is 2.24 bits per heavy atom. The van der Waals surface area contributed by atoms with Gasteiger partial charge in [-0.1, -0.05) is 24.9 Å². The van der Waals surface area contributed by atoms with Gasteiger partial charge < -0.3 is 5.73 Å². The van der Waals surface area contributed by atoms with Crippen LogP contribution in [0.4, 0.5) is 0 Å². The van der Waals surface area contributed by atoms with Crippen LogP contribution >= 0.6 is 22.9 Å². The summed E-state index contributed by atoms with van der Waals surface area (Å²) in [5.41, 5.74) is 6.30. The molecule has 1 aliphatic rings. The fraction of sp³-hybridized carbons (Fsp3) is 0.692. The number of thiophene rings is 1. The van der Waals surface area contributed by atoms with Gasteiger partial charge in [-0.15, -0.1) is 11.3 Å². The molecule has 2 rings (SSSR count). The van der Waals surface area contributed by atoms with Crippen LogP contribution in [0, 0.1) is 0 Å². The summed E-state index contributed by atoms with van der Waals surface area (Å²) in [6.45, 7) is 2.15. The molecule has 1 heterocycles. The molecule has 0 aromatic carbocycles. The molecule has 96 valence electrons. The summed E-state index contributed by atoms with van der Waals surface area (Å²) in [7, 11) is 2.21. The van der Waals surface area contributed by atoms with Gasteiger partial charge >= 0.3 is 0 Å². The molecule has 2 N–H and O–H groups in total. The first-order valence-electron chi connectivity index (χ1n) is 6.36. The van der Waals surface area contributed by atoms with Crippen molar-refractivity contribution in [2.24, 2.45) is 5.73 Å². The van der Waals surface area contributed by atoms with Crippen LogP contribution in [-0.4, -0.2) is 24.0 Å². The van der Waals surface area contributed by atoms with Gasteiger partial charge in [-0.2, -0.15) is 0 Å². The summed E-state index contributed by atoms with van der Waals surface area (Å²) in [6.07, 6.45) is 4.97. The highest BCUT2D eigenvalue weighted by atomic mass is 35.5. The van der Waals surface area contributed by atoms with Crippen molar-refractivity contribution in [3.8, 4) is 0 Å². The first kappa shape index (κ1) is 13.3. The van der Waals surface area contributed by atoms with E-state index < -0.39 is 0 Å². The summed E-state index contributed by atoms with van der Waals surface area (Å²) >= 11 is 7.71. The molecule has 2 atom stereocenters. The molecular weight excluding hydrogens is 252 g/mol. The zero-order valence-electron chi connectivity index (χ0n) is 10.5. The number of nitrogens with two attached hydrogens (primary N) is 1. The van der Waals surface area contributed by atoms with Crippen LogP contribution in [0.25, 0.3) is 0 Å². The van der Waals surface area contributed by atoms with Crippen molar-refractivity contribution in [2.45, 2.75) is 50.7 Å². The monoisotopic (exact) mass is 272 g/mol. The van der Waals surface area contributed by atoms with Gasteiger partial charge in [-0.05, 0) is 38.4 Å². The lowest BCUT2D eigenvalue weighted by Crippen LogP contribution is -2.46. The smallest absolute Gasteiger partial charge is 0.0931 e. The topological polar surface area (TPSA) is 29.3 Å². The predicted octanol–water partition coefficient (Wildman–Crippen LogP) is 3.66. The van der Waals surface area contributed by atoms with Gasteiger partial charge in [0.15, 0.2) is 0 Å². The van der Waals surface area contributed by atoms with Gasteiger partial charge in [-0.3, -0.25) is 4.90 Å². The first-order chi connectivity index (χ1) is 8.13. The first-order valence-corrected chi connectivity index (χ1v) is 7.55. The van der Waals surface area contributed by atoms with E-state index in [-0.39, 0.29) is 6.04 Å². The Labute approximate surface area is 113 Å². The number of halogens is 1. The Hall–Kier alpha value is -0.0900.